The highest BCUT2D eigenvalue weighted by Gasteiger charge is 2.26. The van der Waals surface area contributed by atoms with Crippen LogP contribution in [-0.4, -0.2) is 21.9 Å². The lowest BCUT2D eigenvalue weighted by Gasteiger charge is -2.25. The molecule has 0 radical (unpaired) electrons. The molecule has 4 rings (SSSR count). The lowest BCUT2D eigenvalue weighted by Crippen LogP contribution is -2.30. The maximum atomic E-state index is 13.1. The molecule has 1 aliphatic heterocycles. The topological polar surface area (TPSA) is 55.1 Å². The molecule has 22 heavy (non-hydrogen) atoms. The summed E-state index contributed by atoms with van der Waals surface area (Å²) in [7, 11) is 0. The van der Waals surface area contributed by atoms with Crippen LogP contribution in [-0.2, 0) is 13.0 Å². The minimum Gasteiger partial charge on any atom is -0.356 e. The maximum Gasteiger partial charge on any atom is 0.208 e. The third-order valence-corrected chi connectivity index (χ3v) is 4.63. The first-order chi connectivity index (χ1) is 10.7. The standard InChI is InChI=1S/C15H13FN4OS/c1-9-17-18-15(22-9)20-7-6-13-12(8-20)14(21-19-13)10-2-4-11(16)5-3-10/h2-5H,6-8H2,1H3. The van der Waals surface area contributed by atoms with E-state index in [9.17, 15) is 4.39 Å². The van der Waals surface area contributed by atoms with Crippen molar-refractivity contribution in [1.82, 2.24) is 15.4 Å². The Morgan fingerprint density at radius 2 is 2.05 bits per heavy atom. The van der Waals surface area contributed by atoms with Crippen molar-refractivity contribution in [1.29, 1.82) is 0 Å². The first-order valence-corrected chi connectivity index (χ1v) is 7.81. The lowest BCUT2D eigenvalue weighted by atomic mass is 10.0. The Morgan fingerprint density at radius 1 is 1.23 bits per heavy atom. The van der Waals surface area contributed by atoms with Crippen molar-refractivity contribution in [3.63, 3.8) is 0 Å². The van der Waals surface area contributed by atoms with Gasteiger partial charge in [-0.05, 0) is 31.2 Å². The van der Waals surface area contributed by atoms with Gasteiger partial charge in [-0.25, -0.2) is 4.39 Å². The van der Waals surface area contributed by atoms with Crippen LogP contribution < -0.4 is 4.90 Å². The summed E-state index contributed by atoms with van der Waals surface area (Å²) in [6.45, 7) is 3.47. The molecule has 1 aromatic carbocycles. The second-order valence-electron chi connectivity index (χ2n) is 5.22. The molecule has 3 heterocycles. The summed E-state index contributed by atoms with van der Waals surface area (Å²) >= 11 is 1.58. The van der Waals surface area contributed by atoms with Gasteiger partial charge in [-0.3, -0.25) is 0 Å². The molecule has 2 aromatic heterocycles. The van der Waals surface area contributed by atoms with Crippen LogP contribution in [0.4, 0.5) is 9.52 Å². The van der Waals surface area contributed by atoms with Crippen molar-refractivity contribution in [2.45, 2.75) is 19.9 Å². The van der Waals surface area contributed by atoms with Gasteiger partial charge in [0.25, 0.3) is 0 Å². The Bertz CT molecular complexity index is 811. The zero-order chi connectivity index (χ0) is 15.1. The SMILES string of the molecule is Cc1nnc(N2CCc3noc(-c4ccc(F)cc4)c3C2)s1. The average molecular weight is 316 g/mol. The van der Waals surface area contributed by atoms with Gasteiger partial charge in [0.05, 0.1) is 12.2 Å². The van der Waals surface area contributed by atoms with E-state index in [2.05, 4.69) is 20.3 Å². The molecule has 3 aromatic rings. The van der Waals surface area contributed by atoms with Gasteiger partial charge in [-0.1, -0.05) is 16.5 Å². The highest BCUT2D eigenvalue weighted by Crippen LogP contribution is 2.33. The molecule has 0 saturated carbocycles. The number of halogens is 1. The number of rotatable bonds is 2. The Hall–Kier alpha value is -2.28. The van der Waals surface area contributed by atoms with E-state index in [0.29, 0.717) is 12.3 Å². The predicted octanol–water partition coefficient (Wildman–Crippen LogP) is 3.20. The van der Waals surface area contributed by atoms with Crippen LogP contribution in [0.15, 0.2) is 28.8 Å². The first kappa shape index (κ1) is 13.4. The number of nitrogens with zero attached hydrogens (tertiary/aromatic N) is 4. The van der Waals surface area contributed by atoms with Crippen LogP contribution in [0, 0.1) is 12.7 Å². The van der Waals surface area contributed by atoms with Crippen LogP contribution >= 0.6 is 11.3 Å². The van der Waals surface area contributed by atoms with E-state index in [4.69, 9.17) is 4.52 Å². The quantitative estimate of drug-likeness (QED) is 0.726. The van der Waals surface area contributed by atoms with Gasteiger partial charge >= 0.3 is 0 Å². The van der Waals surface area contributed by atoms with Crippen molar-refractivity contribution >= 4 is 16.5 Å². The van der Waals surface area contributed by atoms with E-state index in [-0.39, 0.29) is 5.82 Å². The van der Waals surface area contributed by atoms with Gasteiger partial charge < -0.3 is 9.42 Å². The molecule has 1 aliphatic rings. The monoisotopic (exact) mass is 316 g/mol. The van der Waals surface area contributed by atoms with E-state index >= 15 is 0 Å². The fraction of sp³-hybridized carbons (Fsp3) is 0.267. The number of hydrogen-bond acceptors (Lipinski definition) is 6. The zero-order valence-corrected chi connectivity index (χ0v) is 12.7. The Labute approximate surface area is 130 Å². The van der Waals surface area contributed by atoms with Gasteiger partial charge in [0, 0.05) is 24.1 Å². The molecule has 0 bridgehead atoms. The zero-order valence-electron chi connectivity index (χ0n) is 11.9. The van der Waals surface area contributed by atoms with Crippen molar-refractivity contribution in [2.75, 3.05) is 11.4 Å². The number of aromatic nitrogens is 3. The molecule has 0 fully saturated rings. The Morgan fingerprint density at radius 3 is 2.77 bits per heavy atom. The molecule has 112 valence electrons. The van der Waals surface area contributed by atoms with Crippen LogP contribution in [0.1, 0.15) is 16.3 Å². The summed E-state index contributed by atoms with van der Waals surface area (Å²) in [6.07, 6.45) is 0.804. The largest absolute Gasteiger partial charge is 0.356 e. The fourth-order valence-electron chi connectivity index (χ4n) is 2.62. The molecule has 0 unspecified atom stereocenters. The molecule has 0 spiro atoms. The molecular weight excluding hydrogens is 303 g/mol. The van der Waals surface area contributed by atoms with Crippen molar-refractivity contribution in [3.8, 4) is 11.3 Å². The number of fused-ring (bicyclic) bond motifs is 1. The summed E-state index contributed by atoms with van der Waals surface area (Å²) < 4.78 is 18.6. The fourth-order valence-corrected chi connectivity index (χ4v) is 3.33. The average Bonchev–Trinajstić information content (AvgIpc) is 3.14. The second-order valence-corrected chi connectivity index (χ2v) is 6.38. The molecule has 0 atom stereocenters. The number of hydrogen-bond donors (Lipinski definition) is 0. The molecule has 0 saturated heterocycles. The number of anilines is 1. The van der Waals surface area contributed by atoms with Gasteiger partial charge in [0.15, 0.2) is 5.76 Å². The van der Waals surface area contributed by atoms with E-state index < -0.39 is 0 Å². The minimum absolute atomic E-state index is 0.261. The van der Waals surface area contributed by atoms with E-state index in [0.717, 1.165) is 39.9 Å². The van der Waals surface area contributed by atoms with Gasteiger partial charge in [0.2, 0.25) is 5.13 Å². The minimum atomic E-state index is -0.261. The summed E-state index contributed by atoms with van der Waals surface area (Å²) in [5.41, 5.74) is 2.85. The first-order valence-electron chi connectivity index (χ1n) is 6.99. The summed E-state index contributed by atoms with van der Waals surface area (Å²) in [5, 5.41) is 14.3. The van der Waals surface area contributed by atoms with Crippen LogP contribution in [0.2, 0.25) is 0 Å². The summed E-state index contributed by atoms with van der Waals surface area (Å²) in [4.78, 5) is 2.18. The predicted molar refractivity (Wildman–Crippen MR) is 81.3 cm³/mol. The van der Waals surface area contributed by atoms with Crippen molar-refractivity contribution < 1.29 is 8.91 Å². The highest BCUT2D eigenvalue weighted by atomic mass is 32.1. The molecule has 7 heteroatoms. The third-order valence-electron chi connectivity index (χ3n) is 3.73. The summed E-state index contributed by atoms with van der Waals surface area (Å²) in [6, 6.07) is 6.28. The molecule has 0 aliphatic carbocycles. The van der Waals surface area contributed by atoms with E-state index in [1.54, 1.807) is 23.5 Å². The Kier molecular flexibility index (Phi) is 3.15. The van der Waals surface area contributed by atoms with Crippen LogP contribution in [0.5, 0.6) is 0 Å². The molecule has 5 nitrogen and oxygen atoms in total. The molecular formula is C15H13FN4OS. The normalized spacial score (nSPS) is 14.2. The Balaban J connectivity index is 1.69. The third kappa shape index (κ3) is 2.27. The number of benzene rings is 1. The highest BCUT2D eigenvalue weighted by molar-refractivity contribution is 7.15. The van der Waals surface area contributed by atoms with Gasteiger partial charge in [-0.2, -0.15) is 0 Å². The van der Waals surface area contributed by atoms with Crippen molar-refractivity contribution in [2.24, 2.45) is 0 Å². The second kappa shape index (κ2) is 5.17. The maximum absolute atomic E-state index is 13.1. The summed E-state index contributed by atoms with van der Waals surface area (Å²) in [5.74, 6) is 0.448. The number of aryl methyl sites for hydroxylation is 1. The van der Waals surface area contributed by atoms with Gasteiger partial charge in [-0.15, -0.1) is 10.2 Å². The molecule has 0 amide bonds. The van der Waals surface area contributed by atoms with Crippen LogP contribution in [0.3, 0.4) is 0 Å². The van der Waals surface area contributed by atoms with E-state index in [1.807, 2.05) is 6.92 Å². The van der Waals surface area contributed by atoms with Crippen LogP contribution in [0.25, 0.3) is 11.3 Å². The smallest absolute Gasteiger partial charge is 0.208 e. The molecule has 0 N–H and O–H groups in total. The van der Waals surface area contributed by atoms with Gasteiger partial charge in [0.1, 0.15) is 10.8 Å². The van der Waals surface area contributed by atoms with Crippen molar-refractivity contribution in [3.05, 3.63) is 46.3 Å². The van der Waals surface area contributed by atoms with E-state index in [1.165, 1.54) is 12.1 Å². The lowest BCUT2D eigenvalue weighted by molar-refractivity contribution is 0.424.